The first-order valence-corrected chi connectivity index (χ1v) is 9.26. The van der Waals surface area contributed by atoms with E-state index in [1.807, 2.05) is 6.07 Å². The summed E-state index contributed by atoms with van der Waals surface area (Å²) in [6, 6.07) is 1.76. The number of aryl methyl sites for hydroxylation is 1. The zero-order chi connectivity index (χ0) is 21.3. The van der Waals surface area contributed by atoms with Crippen LogP contribution < -0.4 is 11.1 Å². The number of carbonyl (C=O) groups is 2. The van der Waals surface area contributed by atoms with Crippen molar-refractivity contribution in [2.75, 3.05) is 0 Å². The normalized spacial score (nSPS) is 18.6. The van der Waals surface area contributed by atoms with Gasteiger partial charge in [0.2, 0.25) is 0 Å². The van der Waals surface area contributed by atoms with Gasteiger partial charge in [0.05, 0.1) is 11.1 Å². The van der Waals surface area contributed by atoms with E-state index in [0.29, 0.717) is 31.4 Å². The molecule has 1 aliphatic rings. The minimum absolute atomic E-state index is 0.0310. The number of nitriles is 1. The zero-order valence-electron chi connectivity index (χ0n) is 16.1. The van der Waals surface area contributed by atoms with Gasteiger partial charge < -0.3 is 16.0 Å². The van der Waals surface area contributed by atoms with Crippen LogP contribution in [-0.2, 0) is 4.79 Å². The maximum absolute atomic E-state index is 15.2. The second kappa shape index (κ2) is 7.92. The summed E-state index contributed by atoms with van der Waals surface area (Å²) in [6.45, 7) is 3.15. The van der Waals surface area contributed by atoms with Crippen LogP contribution in [-0.4, -0.2) is 22.8 Å². The van der Waals surface area contributed by atoms with Crippen molar-refractivity contribution in [2.45, 2.75) is 51.5 Å². The molecule has 0 radical (unpaired) electrons. The molecule has 29 heavy (non-hydrogen) atoms. The number of hydrogen-bond acceptors (Lipinski definition) is 3. The number of carbonyl (C=O) groups excluding carboxylic acids is 2. The third-order valence-corrected chi connectivity index (χ3v) is 5.37. The lowest BCUT2D eigenvalue weighted by atomic mass is 9.79. The third-order valence-electron chi connectivity index (χ3n) is 5.37. The number of nitrogens with one attached hydrogen (secondary N) is 2. The molecule has 2 atom stereocenters. The van der Waals surface area contributed by atoms with E-state index >= 15 is 4.39 Å². The standard InChI is InChI=1S/C21H20F2N4O2/c1-3-5-14(28)27-12-7-4-6-11(8-12)15-16-13(9-24)10(2)26-20(16)17(21(25)29)19(23)18(15)22/h11-12,26H,4,6-8H2,1-2H3,(H2,25,29)(H,27,28)/t11-,12+/m1/s1. The van der Waals surface area contributed by atoms with Gasteiger partial charge in [-0.3, -0.25) is 9.59 Å². The maximum Gasteiger partial charge on any atom is 0.296 e. The minimum atomic E-state index is -1.33. The van der Waals surface area contributed by atoms with Crippen molar-refractivity contribution < 1.29 is 18.4 Å². The fourth-order valence-electron chi connectivity index (χ4n) is 4.20. The van der Waals surface area contributed by atoms with Crippen LogP contribution in [0.2, 0.25) is 0 Å². The van der Waals surface area contributed by atoms with E-state index in [9.17, 15) is 19.2 Å². The first kappa shape index (κ1) is 20.3. The Morgan fingerprint density at radius 1 is 1.28 bits per heavy atom. The van der Waals surface area contributed by atoms with Crippen LogP contribution >= 0.6 is 0 Å². The summed E-state index contributed by atoms with van der Waals surface area (Å²) < 4.78 is 29.9. The average molecular weight is 398 g/mol. The molecule has 0 bridgehead atoms. The molecule has 0 spiro atoms. The highest BCUT2D eigenvalue weighted by Gasteiger charge is 2.33. The van der Waals surface area contributed by atoms with Crippen molar-refractivity contribution in [3.63, 3.8) is 0 Å². The largest absolute Gasteiger partial charge is 0.365 e. The number of aromatic amines is 1. The summed E-state index contributed by atoms with van der Waals surface area (Å²) in [7, 11) is 0. The molecule has 1 aromatic heterocycles. The summed E-state index contributed by atoms with van der Waals surface area (Å²) in [6.07, 6.45) is 2.30. The average Bonchev–Trinajstić information content (AvgIpc) is 2.97. The Hall–Kier alpha value is -3.39. The Kier molecular flexibility index (Phi) is 5.56. The number of rotatable bonds is 3. The molecule has 0 saturated heterocycles. The zero-order valence-corrected chi connectivity index (χ0v) is 16.1. The molecule has 1 aliphatic carbocycles. The highest BCUT2D eigenvalue weighted by atomic mass is 19.2. The molecule has 8 heteroatoms. The molecule has 150 valence electrons. The second-order valence-corrected chi connectivity index (χ2v) is 7.18. The number of halogens is 2. The SMILES string of the molecule is CC#CC(=O)N[C@H]1CCC[C@@H](c2c(F)c(F)c(C(N)=O)c3[nH]c(C)c(C#N)c23)C1. The molecule has 2 amide bonds. The van der Waals surface area contributed by atoms with Crippen molar-refractivity contribution in [1.82, 2.24) is 10.3 Å². The van der Waals surface area contributed by atoms with Gasteiger partial charge in [0.25, 0.3) is 11.8 Å². The molecule has 1 saturated carbocycles. The number of hydrogen-bond donors (Lipinski definition) is 3. The van der Waals surface area contributed by atoms with E-state index in [-0.39, 0.29) is 28.1 Å². The van der Waals surface area contributed by atoms with Gasteiger partial charge in [0, 0.05) is 22.7 Å². The van der Waals surface area contributed by atoms with Crippen LogP contribution in [0.4, 0.5) is 8.78 Å². The summed E-state index contributed by atoms with van der Waals surface area (Å²) >= 11 is 0. The van der Waals surface area contributed by atoms with Gasteiger partial charge in [-0.15, -0.1) is 0 Å². The Labute approximate surface area is 166 Å². The first-order valence-electron chi connectivity index (χ1n) is 9.26. The molecule has 2 aromatic rings. The Morgan fingerprint density at radius 3 is 2.62 bits per heavy atom. The molecule has 4 N–H and O–H groups in total. The molecule has 0 aliphatic heterocycles. The molecular formula is C21H20F2N4O2. The Bertz CT molecular complexity index is 1120. The van der Waals surface area contributed by atoms with Crippen molar-refractivity contribution in [1.29, 1.82) is 5.26 Å². The van der Waals surface area contributed by atoms with Crippen molar-refractivity contribution in [3.05, 3.63) is 34.0 Å². The van der Waals surface area contributed by atoms with Gasteiger partial charge in [-0.1, -0.05) is 12.3 Å². The van der Waals surface area contributed by atoms with Crippen LogP contribution in [0, 0.1) is 41.7 Å². The first-order chi connectivity index (χ1) is 13.8. The fourth-order valence-corrected chi connectivity index (χ4v) is 4.20. The number of fused-ring (bicyclic) bond motifs is 1. The number of nitrogens with zero attached hydrogens (tertiary/aromatic N) is 1. The number of primary amides is 1. The summed E-state index contributed by atoms with van der Waals surface area (Å²) in [5.41, 5.74) is 5.31. The van der Waals surface area contributed by atoms with Crippen LogP contribution in [0.3, 0.4) is 0 Å². The smallest absolute Gasteiger partial charge is 0.296 e. The van der Waals surface area contributed by atoms with Crippen LogP contribution in [0.25, 0.3) is 10.9 Å². The summed E-state index contributed by atoms with van der Waals surface area (Å²) in [4.78, 5) is 26.4. The molecule has 1 fully saturated rings. The molecule has 1 heterocycles. The number of nitrogens with two attached hydrogens (primary N) is 1. The van der Waals surface area contributed by atoms with Crippen LogP contribution in [0.5, 0.6) is 0 Å². The predicted octanol–water partition coefficient (Wildman–Crippen LogP) is 2.89. The lowest BCUT2D eigenvalue weighted by molar-refractivity contribution is -0.116. The molecule has 6 nitrogen and oxygen atoms in total. The highest BCUT2D eigenvalue weighted by Crippen LogP contribution is 2.42. The van der Waals surface area contributed by atoms with Gasteiger partial charge in [-0.25, -0.2) is 8.78 Å². The Morgan fingerprint density at radius 2 is 2.00 bits per heavy atom. The number of aromatic nitrogens is 1. The summed E-state index contributed by atoms with van der Waals surface area (Å²) in [5.74, 6) is 0.449. The number of H-pyrrole nitrogens is 1. The quantitative estimate of drug-likeness (QED) is 0.691. The van der Waals surface area contributed by atoms with E-state index in [1.165, 1.54) is 0 Å². The third kappa shape index (κ3) is 3.54. The summed E-state index contributed by atoms with van der Waals surface area (Å²) in [5, 5.41) is 12.5. The van der Waals surface area contributed by atoms with E-state index in [0.717, 1.165) is 0 Å². The lowest BCUT2D eigenvalue weighted by Gasteiger charge is -2.30. The molecule has 1 aromatic carbocycles. The van der Waals surface area contributed by atoms with Crippen molar-refractivity contribution in [2.24, 2.45) is 5.73 Å². The van der Waals surface area contributed by atoms with Crippen LogP contribution in [0.1, 0.15) is 65.7 Å². The van der Waals surface area contributed by atoms with Gasteiger partial charge in [-0.2, -0.15) is 5.26 Å². The second-order valence-electron chi connectivity index (χ2n) is 7.18. The minimum Gasteiger partial charge on any atom is -0.365 e. The van der Waals surface area contributed by atoms with Crippen LogP contribution in [0.15, 0.2) is 0 Å². The van der Waals surface area contributed by atoms with Crippen molar-refractivity contribution >= 4 is 22.7 Å². The predicted molar refractivity (Wildman–Crippen MR) is 103 cm³/mol. The Balaban J connectivity index is 2.16. The van der Waals surface area contributed by atoms with E-state index in [4.69, 9.17) is 5.73 Å². The van der Waals surface area contributed by atoms with E-state index in [2.05, 4.69) is 22.1 Å². The topological polar surface area (TPSA) is 112 Å². The number of amides is 2. The van der Waals surface area contributed by atoms with Crippen molar-refractivity contribution in [3.8, 4) is 17.9 Å². The number of benzene rings is 1. The van der Waals surface area contributed by atoms with E-state index in [1.54, 1.807) is 13.8 Å². The van der Waals surface area contributed by atoms with Gasteiger partial charge >= 0.3 is 0 Å². The molecular weight excluding hydrogens is 378 g/mol. The van der Waals surface area contributed by atoms with Gasteiger partial charge in [0.15, 0.2) is 11.6 Å². The molecule has 3 rings (SSSR count). The lowest BCUT2D eigenvalue weighted by Crippen LogP contribution is -2.37. The van der Waals surface area contributed by atoms with Gasteiger partial charge in [-0.05, 0) is 44.9 Å². The highest BCUT2D eigenvalue weighted by molar-refractivity contribution is 6.08. The van der Waals surface area contributed by atoms with E-state index < -0.39 is 34.9 Å². The molecule has 0 unspecified atom stereocenters. The fraction of sp³-hybridized carbons (Fsp3) is 0.381. The van der Waals surface area contributed by atoms with Gasteiger partial charge in [0.1, 0.15) is 11.6 Å². The maximum atomic E-state index is 15.2. The monoisotopic (exact) mass is 398 g/mol.